The van der Waals surface area contributed by atoms with E-state index in [1.807, 2.05) is 5.51 Å². The molecule has 5 heteroatoms. The molecule has 2 heterocycles. The molecular weight excluding hydrogens is 256 g/mol. The summed E-state index contributed by atoms with van der Waals surface area (Å²) in [6.07, 6.45) is 2.31. The van der Waals surface area contributed by atoms with Gasteiger partial charge >= 0.3 is 0 Å². The Kier molecular flexibility index (Phi) is 4.95. The standard InChI is InChI=1S/C14H26N4S/c1-12(2)18-6-4-14(10-15,5-7-18)17(3)8-13-9-19-11-16-13/h9,11-12H,4-8,10,15H2,1-3H3. The van der Waals surface area contributed by atoms with Crippen molar-refractivity contribution in [2.75, 3.05) is 26.7 Å². The van der Waals surface area contributed by atoms with E-state index in [-0.39, 0.29) is 5.54 Å². The first-order valence-corrected chi connectivity index (χ1v) is 8.04. The van der Waals surface area contributed by atoms with Crippen LogP contribution in [-0.4, -0.2) is 53.0 Å². The third-order valence-electron chi connectivity index (χ3n) is 4.53. The Bertz CT molecular complexity index is 369. The molecule has 0 unspecified atom stereocenters. The highest BCUT2D eigenvalue weighted by Gasteiger charge is 2.37. The lowest BCUT2D eigenvalue weighted by Gasteiger charge is -2.47. The summed E-state index contributed by atoms with van der Waals surface area (Å²) in [4.78, 5) is 9.35. The lowest BCUT2D eigenvalue weighted by molar-refractivity contribution is 0.0292. The quantitative estimate of drug-likeness (QED) is 0.894. The highest BCUT2D eigenvalue weighted by molar-refractivity contribution is 7.07. The molecule has 0 radical (unpaired) electrons. The summed E-state index contributed by atoms with van der Waals surface area (Å²) in [6, 6.07) is 0.639. The topological polar surface area (TPSA) is 45.4 Å². The molecule has 0 aromatic carbocycles. The van der Waals surface area contributed by atoms with Crippen LogP contribution >= 0.6 is 11.3 Å². The van der Waals surface area contributed by atoms with Crippen molar-refractivity contribution in [2.45, 2.75) is 44.8 Å². The smallest absolute Gasteiger partial charge is 0.0795 e. The van der Waals surface area contributed by atoms with Crippen LogP contribution < -0.4 is 5.73 Å². The normalized spacial score (nSPS) is 20.3. The van der Waals surface area contributed by atoms with Gasteiger partial charge < -0.3 is 10.6 Å². The maximum Gasteiger partial charge on any atom is 0.0795 e. The molecule has 108 valence electrons. The minimum Gasteiger partial charge on any atom is -0.329 e. The van der Waals surface area contributed by atoms with Gasteiger partial charge in [-0.05, 0) is 33.7 Å². The van der Waals surface area contributed by atoms with Gasteiger partial charge in [0.15, 0.2) is 0 Å². The average Bonchev–Trinajstić information content (AvgIpc) is 2.91. The van der Waals surface area contributed by atoms with E-state index in [0.29, 0.717) is 6.04 Å². The zero-order valence-corrected chi connectivity index (χ0v) is 13.1. The first kappa shape index (κ1) is 14.9. The number of rotatable bonds is 5. The summed E-state index contributed by atoms with van der Waals surface area (Å²) in [5, 5.41) is 2.13. The Labute approximate surface area is 120 Å². The van der Waals surface area contributed by atoms with Crippen molar-refractivity contribution in [2.24, 2.45) is 5.73 Å². The van der Waals surface area contributed by atoms with Crippen LogP contribution in [0.15, 0.2) is 10.9 Å². The third-order valence-corrected chi connectivity index (χ3v) is 5.17. The molecule has 0 saturated carbocycles. The molecule has 1 aliphatic heterocycles. The van der Waals surface area contributed by atoms with Crippen LogP contribution in [-0.2, 0) is 6.54 Å². The van der Waals surface area contributed by atoms with Gasteiger partial charge in [0.1, 0.15) is 0 Å². The molecule has 1 aliphatic rings. The summed E-state index contributed by atoms with van der Waals surface area (Å²) in [5.41, 5.74) is 9.32. The molecule has 4 nitrogen and oxygen atoms in total. The minimum absolute atomic E-state index is 0.148. The molecule has 19 heavy (non-hydrogen) atoms. The Morgan fingerprint density at radius 1 is 1.47 bits per heavy atom. The van der Waals surface area contributed by atoms with E-state index in [9.17, 15) is 0 Å². The summed E-state index contributed by atoms with van der Waals surface area (Å²) in [6.45, 7) is 8.48. The van der Waals surface area contributed by atoms with Crippen LogP contribution in [0.3, 0.4) is 0 Å². The average molecular weight is 282 g/mol. The molecular formula is C14H26N4S. The van der Waals surface area contributed by atoms with Gasteiger partial charge in [-0.15, -0.1) is 11.3 Å². The molecule has 2 N–H and O–H groups in total. The van der Waals surface area contributed by atoms with E-state index in [4.69, 9.17) is 5.73 Å². The molecule has 0 amide bonds. The number of hydrogen-bond donors (Lipinski definition) is 1. The second kappa shape index (κ2) is 6.31. The first-order chi connectivity index (χ1) is 9.07. The first-order valence-electron chi connectivity index (χ1n) is 7.10. The third kappa shape index (κ3) is 3.34. The fourth-order valence-electron chi connectivity index (χ4n) is 2.92. The van der Waals surface area contributed by atoms with Gasteiger partial charge in [0.05, 0.1) is 11.2 Å². The monoisotopic (exact) mass is 282 g/mol. The fraction of sp³-hybridized carbons (Fsp3) is 0.786. The molecule has 1 saturated heterocycles. The van der Waals surface area contributed by atoms with Crippen LogP contribution in [0, 0.1) is 0 Å². The Morgan fingerprint density at radius 3 is 2.63 bits per heavy atom. The van der Waals surface area contributed by atoms with E-state index in [0.717, 1.165) is 44.7 Å². The van der Waals surface area contributed by atoms with E-state index < -0.39 is 0 Å². The molecule has 1 aromatic heterocycles. The maximum absolute atomic E-state index is 6.11. The van der Waals surface area contributed by atoms with Crippen molar-refractivity contribution >= 4 is 11.3 Å². The zero-order valence-electron chi connectivity index (χ0n) is 12.3. The molecule has 0 atom stereocenters. The van der Waals surface area contributed by atoms with Gasteiger partial charge in [-0.2, -0.15) is 0 Å². The zero-order chi connectivity index (χ0) is 13.9. The molecule has 0 aliphatic carbocycles. The van der Waals surface area contributed by atoms with Gasteiger partial charge in [-0.3, -0.25) is 4.90 Å². The second-order valence-electron chi connectivity index (χ2n) is 5.89. The van der Waals surface area contributed by atoms with Crippen LogP contribution in [0.5, 0.6) is 0 Å². The van der Waals surface area contributed by atoms with Crippen molar-refractivity contribution in [1.29, 1.82) is 0 Å². The highest BCUT2D eigenvalue weighted by atomic mass is 32.1. The molecule has 1 fully saturated rings. The Balaban J connectivity index is 1.99. The van der Waals surface area contributed by atoms with Gasteiger partial charge in [0, 0.05) is 43.1 Å². The summed E-state index contributed by atoms with van der Waals surface area (Å²) < 4.78 is 0. The summed E-state index contributed by atoms with van der Waals surface area (Å²) in [5.74, 6) is 0. The van der Waals surface area contributed by atoms with Gasteiger partial charge in [-0.25, -0.2) is 4.98 Å². The van der Waals surface area contributed by atoms with Crippen molar-refractivity contribution in [3.05, 3.63) is 16.6 Å². The molecule has 2 rings (SSSR count). The SMILES string of the molecule is CC(C)N1CCC(CN)(N(C)Cc2cscn2)CC1. The predicted octanol–water partition coefficient (Wildman–Crippen LogP) is 1.78. The number of likely N-dealkylation sites (tertiary alicyclic amines) is 1. The number of nitrogens with two attached hydrogens (primary N) is 1. The number of nitrogens with zero attached hydrogens (tertiary/aromatic N) is 3. The van der Waals surface area contributed by atoms with Crippen molar-refractivity contribution in [3.63, 3.8) is 0 Å². The summed E-state index contributed by atoms with van der Waals surface area (Å²) in [7, 11) is 2.19. The fourth-order valence-corrected chi connectivity index (χ4v) is 3.47. The van der Waals surface area contributed by atoms with Gasteiger partial charge in [-0.1, -0.05) is 0 Å². The molecule has 1 aromatic rings. The molecule has 0 bridgehead atoms. The number of hydrogen-bond acceptors (Lipinski definition) is 5. The largest absolute Gasteiger partial charge is 0.329 e. The van der Waals surface area contributed by atoms with Crippen molar-refractivity contribution in [3.8, 4) is 0 Å². The van der Waals surface area contributed by atoms with Gasteiger partial charge in [0.25, 0.3) is 0 Å². The van der Waals surface area contributed by atoms with E-state index in [2.05, 4.69) is 41.1 Å². The Hall–Kier alpha value is -0.490. The van der Waals surface area contributed by atoms with Crippen molar-refractivity contribution < 1.29 is 0 Å². The minimum atomic E-state index is 0.148. The van der Waals surface area contributed by atoms with Gasteiger partial charge in [0.2, 0.25) is 0 Å². The lowest BCUT2D eigenvalue weighted by atomic mass is 9.85. The Morgan fingerprint density at radius 2 is 2.16 bits per heavy atom. The number of aromatic nitrogens is 1. The lowest BCUT2D eigenvalue weighted by Crippen LogP contribution is -2.58. The van der Waals surface area contributed by atoms with Crippen LogP contribution in [0.1, 0.15) is 32.4 Å². The predicted molar refractivity (Wildman–Crippen MR) is 81.3 cm³/mol. The van der Waals surface area contributed by atoms with E-state index in [1.165, 1.54) is 0 Å². The summed E-state index contributed by atoms with van der Waals surface area (Å²) >= 11 is 1.66. The van der Waals surface area contributed by atoms with E-state index >= 15 is 0 Å². The van der Waals surface area contributed by atoms with Crippen LogP contribution in [0.2, 0.25) is 0 Å². The second-order valence-corrected chi connectivity index (χ2v) is 6.61. The van der Waals surface area contributed by atoms with Crippen LogP contribution in [0.4, 0.5) is 0 Å². The number of piperidine rings is 1. The highest BCUT2D eigenvalue weighted by Crippen LogP contribution is 2.29. The number of thiazole rings is 1. The van der Waals surface area contributed by atoms with Crippen molar-refractivity contribution in [1.82, 2.24) is 14.8 Å². The van der Waals surface area contributed by atoms with E-state index in [1.54, 1.807) is 11.3 Å². The molecule has 0 spiro atoms. The maximum atomic E-state index is 6.11. The van der Waals surface area contributed by atoms with Crippen LogP contribution in [0.25, 0.3) is 0 Å². The number of likely N-dealkylation sites (N-methyl/N-ethyl adjacent to an activating group) is 1.